The molecular formula is C20H21N5O2S. The lowest BCUT2D eigenvalue weighted by Crippen LogP contribution is -2.44. The number of carbonyl (C=O) groups is 2. The van der Waals surface area contributed by atoms with E-state index in [-0.39, 0.29) is 0 Å². The Hall–Kier alpha value is -3.02. The maximum atomic E-state index is 12.1. The Bertz CT molecular complexity index is 869. The minimum absolute atomic E-state index is 0.493. The van der Waals surface area contributed by atoms with Crippen molar-refractivity contribution in [3.63, 3.8) is 0 Å². The first-order valence-corrected chi connectivity index (χ1v) is 9.69. The van der Waals surface area contributed by atoms with Crippen molar-refractivity contribution in [3.05, 3.63) is 48.5 Å². The Labute approximate surface area is 168 Å². The molecule has 0 aliphatic carbocycles. The van der Waals surface area contributed by atoms with E-state index in [1.54, 1.807) is 36.4 Å². The SMILES string of the molecule is CN1CCN(c2ccc(NC(=O)C(=O)Nc3ccc(SC#N)cc3)cc2)CC1. The van der Waals surface area contributed by atoms with Crippen LogP contribution in [0.1, 0.15) is 0 Å². The topological polar surface area (TPSA) is 88.5 Å². The van der Waals surface area contributed by atoms with Gasteiger partial charge in [-0.1, -0.05) is 0 Å². The quantitative estimate of drug-likeness (QED) is 0.470. The second-order valence-corrected chi connectivity index (χ2v) is 7.32. The number of nitrogens with one attached hydrogen (secondary N) is 2. The van der Waals surface area contributed by atoms with Crippen LogP contribution in [0.5, 0.6) is 0 Å². The van der Waals surface area contributed by atoms with E-state index in [2.05, 4.69) is 27.5 Å². The fraction of sp³-hybridized carbons (Fsp3) is 0.250. The third-order valence-electron chi connectivity index (χ3n) is 4.48. The summed E-state index contributed by atoms with van der Waals surface area (Å²) < 4.78 is 0. The fourth-order valence-electron chi connectivity index (χ4n) is 2.85. The van der Waals surface area contributed by atoms with E-state index in [0.717, 1.165) is 48.5 Å². The lowest BCUT2D eigenvalue weighted by molar-refractivity contribution is -0.132. The van der Waals surface area contributed by atoms with Crippen LogP contribution < -0.4 is 15.5 Å². The summed E-state index contributed by atoms with van der Waals surface area (Å²) in [5, 5.41) is 15.8. The largest absolute Gasteiger partial charge is 0.369 e. The summed E-state index contributed by atoms with van der Waals surface area (Å²) in [6, 6.07) is 14.2. The number of thiocyanates is 1. The van der Waals surface area contributed by atoms with Crippen molar-refractivity contribution in [2.75, 3.05) is 48.8 Å². The second-order valence-electron chi connectivity index (χ2n) is 6.46. The Morgan fingerprint density at radius 3 is 1.89 bits per heavy atom. The van der Waals surface area contributed by atoms with Gasteiger partial charge in [0, 0.05) is 48.1 Å². The van der Waals surface area contributed by atoms with E-state index in [1.165, 1.54) is 0 Å². The highest BCUT2D eigenvalue weighted by atomic mass is 32.2. The highest BCUT2D eigenvalue weighted by molar-refractivity contribution is 8.03. The number of rotatable bonds is 4. The Morgan fingerprint density at radius 1 is 0.893 bits per heavy atom. The summed E-state index contributed by atoms with van der Waals surface area (Å²) in [6.07, 6.45) is 0. The predicted octanol–water partition coefficient (Wildman–Crippen LogP) is 2.59. The summed E-state index contributed by atoms with van der Waals surface area (Å²) in [7, 11) is 2.11. The normalized spacial score (nSPS) is 14.2. The first-order valence-electron chi connectivity index (χ1n) is 8.87. The van der Waals surface area contributed by atoms with Gasteiger partial charge >= 0.3 is 11.8 Å². The summed E-state index contributed by atoms with van der Waals surface area (Å²) in [5.74, 6) is -1.48. The van der Waals surface area contributed by atoms with Gasteiger partial charge in [-0.2, -0.15) is 5.26 Å². The first-order chi connectivity index (χ1) is 13.5. The van der Waals surface area contributed by atoms with Crippen molar-refractivity contribution in [3.8, 4) is 5.40 Å². The van der Waals surface area contributed by atoms with Gasteiger partial charge in [0.15, 0.2) is 0 Å². The minimum atomic E-state index is -0.746. The summed E-state index contributed by atoms with van der Waals surface area (Å²) in [4.78, 5) is 29.6. The number of benzene rings is 2. The summed E-state index contributed by atoms with van der Waals surface area (Å²) >= 11 is 1.03. The van der Waals surface area contributed by atoms with Crippen LogP contribution in [0, 0.1) is 10.7 Å². The van der Waals surface area contributed by atoms with Gasteiger partial charge < -0.3 is 20.4 Å². The molecule has 1 aliphatic rings. The first kappa shape index (κ1) is 19.7. The van der Waals surface area contributed by atoms with Gasteiger partial charge in [-0.3, -0.25) is 9.59 Å². The average molecular weight is 395 g/mol. The maximum absolute atomic E-state index is 12.1. The minimum Gasteiger partial charge on any atom is -0.369 e. The molecule has 7 nitrogen and oxygen atoms in total. The Kier molecular flexibility index (Phi) is 6.53. The molecule has 2 N–H and O–H groups in total. The van der Waals surface area contributed by atoms with Gasteiger partial charge in [-0.15, -0.1) is 0 Å². The predicted molar refractivity (Wildman–Crippen MR) is 111 cm³/mol. The standard InChI is InChI=1S/C20H21N5O2S/c1-24-10-12-25(13-11-24)17-6-2-15(3-7-17)22-19(26)20(27)23-16-4-8-18(9-5-16)28-14-21/h2-9H,10-13H2,1H3,(H,22,26)(H,23,27). The molecular weight excluding hydrogens is 374 g/mol. The molecule has 1 saturated heterocycles. The number of likely N-dealkylation sites (N-methyl/N-ethyl adjacent to an activating group) is 1. The van der Waals surface area contributed by atoms with Gasteiger partial charge in [-0.25, -0.2) is 0 Å². The van der Waals surface area contributed by atoms with Gasteiger partial charge in [0.25, 0.3) is 0 Å². The zero-order valence-corrected chi connectivity index (χ0v) is 16.3. The third kappa shape index (κ3) is 5.25. The number of nitriles is 1. The molecule has 0 bridgehead atoms. The molecule has 1 heterocycles. The molecule has 0 atom stereocenters. The number of thioether (sulfide) groups is 1. The van der Waals surface area contributed by atoms with Crippen molar-refractivity contribution >= 4 is 40.6 Å². The number of hydrogen-bond acceptors (Lipinski definition) is 6. The molecule has 8 heteroatoms. The second kappa shape index (κ2) is 9.26. The number of carbonyl (C=O) groups excluding carboxylic acids is 2. The molecule has 28 heavy (non-hydrogen) atoms. The molecule has 1 fully saturated rings. The highest BCUT2D eigenvalue weighted by Crippen LogP contribution is 2.20. The van der Waals surface area contributed by atoms with Crippen LogP contribution in [-0.2, 0) is 9.59 Å². The van der Waals surface area contributed by atoms with Gasteiger partial charge in [0.1, 0.15) is 5.40 Å². The molecule has 2 aromatic rings. The van der Waals surface area contributed by atoms with Crippen molar-refractivity contribution in [2.24, 2.45) is 0 Å². The molecule has 0 radical (unpaired) electrons. The lowest BCUT2D eigenvalue weighted by atomic mass is 10.2. The molecule has 0 saturated carbocycles. The van der Waals surface area contributed by atoms with Crippen LogP contribution >= 0.6 is 11.8 Å². The summed E-state index contributed by atoms with van der Waals surface area (Å²) in [5.41, 5.74) is 2.16. The smallest absolute Gasteiger partial charge is 0.314 e. The van der Waals surface area contributed by atoms with Crippen molar-refractivity contribution < 1.29 is 9.59 Å². The molecule has 2 aromatic carbocycles. The zero-order chi connectivity index (χ0) is 19.9. The van der Waals surface area contributed by atoms with Crippen LogP contribution in [0.4, 0.5) is 17.1 Å². The van der Waals surface area contributed by atoms with E-state index < -0.39 is 11.8 Å². The number of anilines is 3. The van der Waals surface area contributed by atoms with Gasteiger partial charge in [-0.05, 0) is 67.3 Å². The van der Waals surface area contributed by atoms with Crippen LogP contribution in [0.25, 0.3) is 0 Å². The summed E-state index contributed by atoms with van der Waals surface area (Å²) in [6.45, 7) is 3.98. The number of amides is 2. The van der Waals surface area contributed by atoms with E-state index in [1.807, 2.05) is 17.5 Å². The molecule has 0 aromatic heterocycles. The number of hydrogen-bond donors (Lipinski definition) is 2. The van der Waals surface area contributed by atoms with Gasteiger partial charge in [0.05, 0.1) is 0 Å². The van der Waals surface area contributed by atoms with Gasteiger partial charge in [0.2, 0.25) is 0 Å². The molecule has 1 aliphatic heterocycles. The molecule has 144 valence electrons. The van der Waals surface area contributed by atoms with Crippen molar-refractivity contribution in [1.82, 2.24) is 4.90 Å². The maximum Gasteiger partial charge on any atom is 0.314 e. The van der Waals surface area contributed by atoms with Crippen LogP contribution in [-0.4, -0.2) is 49.9 Å². The van der Waals surface area contributed by atoms with Crippen molar-refractivity contribution in [2.45, 2.75) is 4.90 Å². The Balaban J connectivity index is 1.53. The zero-order valence-electron chi connectivity index (χ0n) is 15.5. The number of piperazine rings is 1. The van der Waals surface area contributed by atoms with E-state index >= 15 is 0 Å². The van der Waals surface area contributed by atoms with E-state index in [4.69, 9.17) is 5.26 Å². The monoisotopic (exact) mass is 395 g/mol. The van der Waals surface area contributed by atoms with E-state index in [0.29, 0.717) is 11.4 Å². The van der Waals surface area contributed by atoms with E-state index in [9.17, 15) is 9.59 Å². The average Bonchev–Trinajstić information content (AvgIpc) is 2.71. The lowest BCUT2D eigenvalue weighted by Gasteiger charge is -2.34. The third-order valence-corrected chi connectivity index (χ3v) is 5.07. The fourth-order valence-corrected chi connectivity index (χ4v) is 3.23. The molecule has 3 rings (SSSR count). The molecule has 0 unspecified atom stereocenters. The van der Waals surface area contributed by atoms with Crippen LogP contribution in [0.2, 0.25) is 0 Å². The van der Waals surface area contributed by atoms with Crippen LogP contribution in [0.15, 0.2) is 53.4 Å². The van der Waals surface area contributed by atoms with Crippen LogP contribution in [0.3, 0.4) is 0 Å². The number of nitrogens with zero attached hydrogens (tertiary/aromatic N) is 3. The van der Waals surface area contributed by atoms with Crippen molar-refractivity contribution in [1.29, 1.82) is 5.26 Å². The molecule has 0 spiro atoms. The highest BCUT2D eigenvalue weighted by Gasteiger charge is 2.16. The Morgan fingerprint density at radius 2 is 1.39 bits per heavy atom. The molecule has 2 amide bonds.